The van der Waals surface area contributed by atoms with E-state index in [1.165, 1.54) is 12.1 Å². The first kappa shape index (κ1) is 22.6. The minimum Gasteiger partial charge on any atom is -0.325 e. The van der Waals surface area contributed by atoms with Gasteiger partial charge in [0.1, 0.15) is 5.82 Å². The summed E-state index contributed by atoms with van der Waals surface area (Å²) in [5, 5.41) is 10.1. The van der Waals surface area contributed by atoms with Crippen LogP contribution in [0.1, 0.15) is 31.4 Å². The number of halogens is 5. The highest BCUT2D eigenvalue weighted by atomic mass is 35.5. The second kappa shape index (κ2) is 8.74. The Kier molecular flexibility index (Phi) is 6.17. The van der Waals surface area contributed by atoms with E-state index in [-0.39, 0.29) is 11.7 Å². The molecule has 1 N–H and O–H groups in total. The lowest BCUT2D eigenvalue weighted by atomic mass is 10.2. The Morgan fingerprint density at radius 2 is 1.94 bits per heavy atom. The average Bonchev–Trinajstić information content (AvgIpc) is 3.49. The van der Waals surface area contributed by atoms with E-state index in [1.54, 1.807) is 25.1 Å². The van der Waals surface area contributed by atoms with Crippen LogP contribution in [0.4, 0.5) is 23.2 Å². The number of nitrogens with one attached hydrogen (secondary N) is 1. The number of alkyl halides is 3. The molecule has 1 heterocycles. The zero-order valence-electron chi connectivity index (χ0n) is 16.7. The van der Waals surface area contributed by atoms with Crippen molar-refractivity contribution in [1.29, 1.82) is 0 Å². The summed E-state index contributed by atoms with van der Waals surface area (Å²) in [5.74, 6) is -0.552. The minimum atomic E-state index is -4.64. The quantitative estimate of drug-likeness (QED) is 0.334. The number of thioether (sulfide) groups is 1. The molecular formula is C21H17ClF4N4OS. The molecule has 168 valence electrons. The molecule has 11 heteroatoms. The van der Waals surface area contributed by atoms with E-state index in [9.17, 15) is 22.4 Å². The topological polar surface area (TPSA) is 59.8 Å². The first-order valence-corrected chi connectivity index (χ1v) is 10.9. The molecular weight excluding hydrogens is 468 g/mol. The summed E-state index contributed by atoms with van der Waals surface area (Å²) >= 11 is 6.73. The highest BCUT2D eigenvalue weighted by Gasteiger charge is 2.34. The fourth-order valence-electron chi connectivity index (χ4n) is 3.12. The molecule has 2 aromatic carbocycles. The van der Waals surface area contributed by atoms with Crippen LogP contribution in [-0.4, -0.2) is 25.9 Å². The molecule has 4 rings (SSSR count). The largest absolute Gasteiger partial charge is 0.417 e. The second-order valence-corrected chi connectivity index (χ2v) is 9.04. The molecule has 0 bridgehead atoms. The number of amides is 1. The fraction of sp³-hybridized carbons (Fsp3) is 0.286. The minimum absolute atomic E-state index is 0.0186. The maximum Gasteiger partial charge on any atom is 0.417 e. The summed E-state index contributed by atoms with van der Waals surface area (Å²) in [5.41, 5.74) is -0.730. The number of hydrogen-bond donors (Lipinski definition) is 1. The third-order valence-electron chi connectivity index (χ3n) is 4.88. The van der Waals surface area contributed by atoms with Crippen LogP contribution in [0.2, 0.25) is 5.02 Å². The first-order valence-electron chi connectivity index (χ1n) is 9.69. The van der Waals surface area contributed by atoms with E-state index < -0.39 is 33.7 Å². The Labute approximate surface area is 190 Å². The van der Waals surface area contributed by atoms with Gasteiger partial charge in [0.2, 0.25) is 5.91 Å². The van der Waals surface area contributed by atoms with Gasteiger partial charge in [0, 0.05) is 11.7 Å². The predicted molar refractivity (Wildman–Crippen MR) is 114 cm³/mol. The molecule has 0 aliphatic heterocycles. The van der Waals surface area contributed by atoms with Crippen LogP contribution in [-0.2, 0) is 11.0 Å². The lowest BCUT2D eigenvalue weighted by molar-refractivity contribution is -0.137. The van der Waals surface area contributed by atoms with Gasteiger partial charge in [-0.15, -0.1) is 10.2 Å². The Balaban J connectivity index is 1.53. The summed E-state index contributed by atoms with van der Waals surface area (Å²) in [4.78, 5) is 12.6. The number of benzene rings is 2. The number of carbonyl (C=O) groups is 1. The van der Waals surface area contributed by atoms with Crippen molar-refractivity contribution in [2.75, 3.05) is 5.32 Å². The molecule has 32 heavy (non-hydrogen) atoms. The van der Waals surface area contributed by atoms with Gasteiger partial charge >= 0.3 is 6.18 Å². The van der Waals surface area contributed by atoms with Gasteiger partial charge in [-0.3, -0.25) is 9.36 Å². The molecule has 1 aliphatic rings. The summed E-state index contributed by atoms with van der Waals surface area (Å²) < 4.78 is 55.3. The smallest absolute Gasteiger partial charge is 0.325 e. The monoisotopic (exact) mass is 484 g/mol. The van der Waals surface area contributed by atoms with Crippen molar-refractivity contribution in [3.05, 3.63) is 58.9 Å². The second-order valence-electron chi connectivity index (χ2n) is 7.33. The van der Waals surface area contributed by atoms with Gasteiger partial charge in [0.25, 0.3) is 0 Å². The van der Waals surface area contributed by atoms with Crippen molar-refractivity contribution in [2.45, 2.75) is 42.4 Å². The SMILES string of the molecule is CC(Sc1nnc(-c2ccccc2F)n1C1CC1)C(=O)Nc1ccc(Cl)c(C(F)(F)F)c1. The van der Waals surface area contributed by atoms with Gasteiger partial charge < -0.3 is 5.32 Å². The Morgan fingerprint density at radius 1 is 1.22 bits per heavy atom. The highest BCUT2D eigenvalue weighted by molar-refractivity contribution is 8.00. The van der Waals surface area contributed by atoms with E-state index >= 15 is 0 Å². The highest BCUT2D eigenvalue weighted by Crippen LogP contribution is 2.42. The maximum atomic E-state index is 14.3. The molecule has 1 unspecified atom stereocenters. The van der Waals surface area contributed by atoms with Gasteiger partial charge in [0.05, 0.1) is 21.4 Å². The van der Waals surface area contributed by atoms with Crippen LogP contribution in [0.3, 0.4) is 0 Å². The molecule has 1 atom stereocenters. The van der Waals surface area contributed by atoms with Crippen molar-refractivity contribution in [3.63, 3.8) is 0 Å². The van der Waals surface area contributed by atoms with Crippen molar-refractivity contribution >= 4 is 35.0 Å². The van der Waals surface area contributed by atoms with E-state index in [0.717, 1.165) is 36.7 Å². The van der Waals surface area contributed by atoms with Crippen molar-refractivity contribution in [1.82, 2.24) is 14.8 Å². The average molecular weight is 485 g/mol. The molecule has 0 radical (unpaired) electrons. The van der Waals surface area contributed by atoms with Gasteiger partial charge in [0.15, 0.2) is 11.0 Å². The lowest BCUT2D eigenvalue weighted by Crippen LogP contribution is -2.23. The predicted octanol–water partition coefficient (Wildman–Crippen LogP) is 6.21. The summed E-state index contributed by atoms with van der Waals surface area (Å²) in [6.45, 7) is 1.61. The van der Waals surface area contributed by atoms with Crippen LogP contribution in [0.5, 0.6) is 0 Å². The number of carbonyl (C=O) groups excluding carboxylic acids is 1. The van der Waals surface area contributed by atoms with Crippen molar-refractivity contribution < 1.29 is 22.4 Å². The molecule has 1 amide bonds. The molecule has 1 aliphatic carbocycles. The van der Waals surface area contributed by atoms with Gasteiger partial charge in [-0.2, -0.15) is 13.2 Å². The number of aromatic nitrogens is 3. The molecule has 1 saturated carbocycles. The van der Waals surface area contributed by atoms with Crippen LogP contribution in [0.15, 0.2) is 47.6 Å². The molecule has 3 aromatic rings. The van der Waals surface area contributed by atoms with Crippen LogP contribution >= 0.6 is 23.4 Å². The van der Waals surface area contributed by atoms with E-state index in [1.807, 2.05) is 4.57 Å². The molecule has 0 spiro atoms. The number of anilines is 1. The molecule has 5 nitrogen and oxygen atoms in total. The summed E-state index contributed by atoms with van der Waals surface area (Å²) in [6.07, 6.45) is -2.86. The number of hydrogen-bond acceptors (Lipinski definition) is 4. The van der Waals surface area contributed by atoms with Gasteiger partial charge in [-0.1, -0.05) is 35.5 Å². The molecule has 1 fully saturated rings. The van der Waals surface area contributed by atoms with Crippen LogP contribution < -0.4 is 5.32 Å². The number of nitrogens with zero attached hydrogens (tertiary/aromatic N) is 3. The molecule has 1 aromatic heterocycles. The third kappa shape index (κ3) is 4.75. The van der Waals surface area contributed by atoms with Gasteiger partial charge in [-0.05, 0) is 50.1 Å². The lowest BCUT2D eigenvalue weighted by Gasteiger charge is -2.15. The molecule has 0 saturated heterocycles. The van der Waals surface area contributed by atoms with Crippen molar-refractivity contribution in [3.8, 4) is 11.4 Å². The first-order chi connectivity index (χ1) is 15.1. The Morgan fingerprint density at radius 3 is 2.59 bits per heavy atom. The maximum absolute atomic E-state index is 14.3. The zero-order valence-corrected chi connectivity index (χ0v) is 18.2. The normalized spacial score (nSPS) is 14.9. The standard InChI is InChI=1S/C21H17ClF4N4OS/c1-11(19(31)27-12-6-9-16(22)15(10-12)21(24,25)26)32-20-29-28-18(30(20)13-7-8-13)14-4-2-3-5-17(14)23/h2-6,9-11,13H,7-8H2,1H3,(H,27,31). The van der Waals surface area contributed by atoms with Crippen LogP contribution in [0.25, 0.3) is 11.4 Å². The Bertz CT molecular complexity index is 1160. The summed E-state index contributed by atoms with van der Waals surface area (Å²) in [6, 6.07) is 9.53. The van der Waals surface area contributed by atoms with E-state index in [4.69, 9.17) is 11.6 Å². The Hall–Kier alpha value is -2.59. The van der Waals surface area contributed by atoms with Crippen molar-refractivity contribution in [2.24, 2.45) is 0 Å². The summed E-state index contributed by atoms with van der Waals surface area (Å²) in [7, 11) is 0. The zero-order chi connectivity index (χ0) is 23.0. The van der Waals surface area contributed by atoms with E-state index in [0.29, 0.717) is 16.5 Å². The third-order valence-corrected chi connectivity index (χ3v) is 6.27. The van der Waals surface area contributed by atoms with E-state index in [2.05, 4.69) is 15.5 Å². The van der Waals surface area contributed by atoms with Gasteiger partial charge in [-0.25, -0.2) is 4.39 Å². The fourth-order valence-corrected chi connectivity index (χ4v) is 4.27. The van der Waals surface area contributed by atoms with Crippen LogP contribution in [0, 0.1) is 5.82 Å². The number of rotatable bonds is 6.